The zero-order chi connectivity index (χ0) is 19.3. The molecule has 0 bridgehead atoms. The molecule has 6 heteroatoms. The Bertz CT molecular complexity index is 828. The van der Waals surface area contributed by atoms with Crippen molar-refractivity contribution in [3.05, 3.63) is 59.0 Å². The molecule has 1 amide bonds. The molecule has 136 valence electrons. The molecule has 2 rings (SSSR count). The van der Waals surface area contributed by atoms with Gasteiger partial charge in [-0.05, 0) is 55.3 Å². The number of nitrogens with one attached hydrogen (secondary N) is 1. The average molecular weight is 354 g/mol. The normalized spacial score (nSPS) is 11.1. The Hall–Kier alpha value is -3.02. The average Bonchev–Trinajstić information content (AvgIpc) is 2.62. The molecule has 0 saturated heterocycles. The number of esters is 1. The Morgan fingerprint density at radius 1 is 1.08 bits per heavy atom. The van der Waals surface area contributed by atoms with Crippen molar-refractivity contribution < 1.29 is 14.3 Å². The molecule has 26 heavy (non-hydrogen) atoms. The van der Waals surface area contributed by atoms with Gasteiger partial charge in [0.15, 0.2) is 0 Å². The van der Waals surface area contributed by atoms with E-state index in [1.54, 1.807) is 50.2 Å². The monoisotopic (exact) mass is 354 g/mol. The summed E-state index contributed by atoms with van der Waals surface area (Å²) in [4.78, 5) is 35.7. The first-order chi connectivity index (χ1) is 12.3. The summed E-state index contributed by atoms with van der Waals surface area (Å²) < 4.78 is 5.51. The number of para-hydroxylation sites is 1. The summed E-state index contributed by atoms with van der Waals surface area (Å²) in [5.74, 6) is -0.582. The van der Waals surface area contributed by atoms with Gasteiger partial charge in [-0.1, -0.05) is 32.0 Å². The summed E-state index contributed by atoms with van der Waals surface area (Å²) in [6, 6.07) is 12.8. The van der Waals surface area contributed by atoms with Crippen LogP contribution < -0.4 is 10.1 Å². The largest absolute Gasteiger partial charge is 0.425 e. The van der Waals surface area contributed by atoms with Crippen molar-refractivity contribution in [1.29, 1.82) is 0 Å². The minimum absolute atomic E-state index is 0.0783. The van der Waals surface area contributed by atoms with Crippen LogP contribution in [0.2, 0.25) is 0 Å². The van der Waals surface area contributed by atoms with Gasteiger partial charge < -0.3 is 10.1 Å². The molecular formula is C20H22N2O4. The fourth-order valence-electron chi connectivity index (χ4n) is 2.05. The molecule has 0 atom stereocenters. The second-order valence-corrected chi connectivity index (χ2v) is 6.86. The predicted molar refractivity (Wildman–Crippen MR) is 101 cm³/mol. The summed E-state index contributed by atoms with van der Waals surface area (Å²) >= 11 is 0. The molecular weight excluding hydrogens is 332 g/mol. The lowest BCUT2D eigenvalue weighted by molar-refractivity contribution is -0.146. The zero-order valence-corrected chi connectivity index (χ0v) is 15.3. The first-order valence-corrected chi connectivity index (χ1v) is 8.31. The van der Waals surface area contributed by atoms with E-state index in [1.165, 1.54) is 12.1 Å². The van der Waals surface area contributed by atoms with Crippen LogP contribution in [0.25, 0.3) is 0 Å². The number of nitrogens with zero attached hydrogens (tertiary/aromatic N) is 1. The van der Waals surface area contributed by atoms with E-state index in [0.29, 0.717) is 5.69 Å². The number of hydrogen-bond acceptors (Lipinski definition) is 5. The van der Waals surface area contributed by atoms with Crippen molar-refractivity contribution in [1.82, 2.24) is 0 Å². The first-order valence-electron chi connectivity index (χ1n) is 8.31. The van der Waals surface area contributed by atoms with Crippen LogP contribution in [0.15, 0.2) is 53.7 Å². The molecule has 0 heterocycles. The molecule has 0 radical (unpaired) electrons. The molecule has 6 nitrogen and oxygen atoms in total. The Morgan fingerprint density at radius 3 is 2.42 bits per heavy atom. The third-order valence-electron chi connectivity index (χ3n) is 4.51. The van der Waals surface area contributed by atoms with Crippen LogP contribution in [0, 0.1) is 16.2 Å². The lowest BCUT2D eigenvalue weighted by Crippen LogP contribution is -2.34. The number of carbonyl (C=O) groups is 2. The minimum atomic E-state index is -0.687. The summed E-state index contributed by atoms with van der Waals surface area (Å²) in [7, 11) is 0. The van der Waals surface area contributed by atoms with Gasteiger partial charge in [-0.15, -0.1) is 4.91 Å². The fourth-order valence-corrected chi connectivity index (χ4v) is 2.05. The summed E-state index contributed by atoms with van der Waals surface area (Å²) in [6.45, 7) is 7.49. The van der Waals surface area contributed by atoms with Gasteiger partial charge in [-0.3, -0.25) is 9.59 Å². The second kappa shape index (κ2) is 7.91. The number of hydrogen-bond donors (Lipinski definition) is 1. The molecule has 0 aromatic heterocycles. The summed E-state index contributed by atoms with van der Waals surface area (Å²) in [5.41, 5.74) is 0.176. The molecule has 0 fully saturated rings. The Balaban J connectivity index is 2.24. The topological polar surface area (TPSA) is 84.8 Å². The van der Waals surface area contributed by atoms with E-state index in [-0.39, 0.29) is 22.9 Å². The Kier molecular flexibility index (Phi) is 5.87. The van der Waals surface area contributed by atoms with E-state index in [2.05, 4.69) is 10.5 Å². The highest BCUT2D eigenvalue weighted by Gasteiger charge is 2.34. The van der Waals surface area contributed by atoms with Crippen LogP contribution in [0.1, 0.15) is 38.1 Å². The molecule has 0 aliphatic carbocycles. The van der Waals surface area contributed by atoms with Crippen molar-refractivity contribution in [2.75, 3.05) is 5.32 Å². The third kappa shape index (κ3) is 4.33. The molecule has 0 aliphatic heterocycles. The van der Waals surface area contributed by atoms with Crippen LogP contribution in [-0.4, -0.2) is 11.9 Å². The van der Waals surface area contributed by atoms with Crippen LogP contribution in [0.4, 0.5) is 11.4 Å². The van der Waals surface area contributed by atoms with Crippen LogP contribution in [0.5, 0.6) is 5.75 Å². The maximum Gasteiger partial charge on any atom is 0.317 e. The Morgan fingerprint density at radius 2 is 1.77 bits per heavy atom. The van der Waals surface area contributed by atoms with Gasteiger partial charge in [-0.25, -0.2) is 0 Å². The smallest absolute Gasteiger partial charge is 0.317 e. The van der Waals surface area contributed by atoms with Gasteiger partial charge in [0, 0.05) is 5.69 Å². The van der Waals surface area contributed by atoms with Gasteiger partial charge in [0.25, 0.3) is 5.91 Å². The van der Waals surface area contributed by atoms with Crippen molar-refractivity contribution in [2.45, 2.75) is 27.7 Å². The van der Waals surface area contributed by atoms with E-state index < -0.39 is 17.3 Å². The van der Waals surface area contributed by atoms with Gasteiger partial charge in [0.05, 0.1) is 11.0 Å². The van der Waals surface area contributed by atoms with E-state index in [0.717, 1.165) is 0 Å². The lowest BCUT2D eigenvalue weighted by atomic mass is 9.81. The second-order valence-electron chi connectivity index (χ2n) is 6.86. The number of nitroso groups, excluding NO2 is 1. The summed E-state index contributed by atoms with van der Waals surface area (Å²) in [6.07, 6.45) is 0. The molecule has 2 aromatic carbocycles. The number of amides is 1. The van der Waals surface area contributed by atoms with Crippen molar-refractivity contribution >= 4 is 23.3 Å². The van der Waals surface area contributed by atoms with E-state index >= 15 is 0 Å². The quantitative estimate of drug-likeness (QED) is 0.453. The van der Waals surface area contributed by atoms with Crippen LogP contribution in [-0.2, 0) is 4.79 Å². The predicted octanol–water partition coefficient (Wildman–Crippen LogP) is 4.92. The summed E-state index contributed by atoms with van der Waals surface area (Å²) in [5, 5.41) is 5.52. The molecule has 0 spiro atoms. The molecule has 0 aliphatic rings. The number of benzene rings is 2. The number of carbonyl (C=O) groups excluding carboxylic acids is 2. The van der Waals surface area contributed by atoms with Gasteiger partial charge in [0.2, 0.25) is 0 Å². The molecule has 1 N–H and O–H groups in total. The number of rotatable bonds is 6. The Labute approximate surface area is 152 Å². The van der Waals surface area contributed by atoms with Gasteiger partial charge in [-0.2, -0.15) is 0 Å². The number of ether oxygens (including phenoxy) is 1. The molecule has 0 saturated carbocycles. The molecule has 0 unspecified atom stereocenters. The van der Waals surface area contributed by atoms with Gasteiger partial charge >= 0.3 is 5.97 Å². The first kappa shape index (κ1) is 19.3. The number of anilines is 1. The van der Waals surface area contributed by atoms with Crippen molar-refractivity contribution in [2.24, 2.45) is 16.5 Å². The molecule has 2 aromatic rings. The highest BCUT2D eigenvalue weighted by Crippen LogP contribution is 2.30. The van der Waals surface area contributed by atoms with E-state index in [4.69, 9.17) is 4.74 Å². The van der Waals surface area contributed by atoms with Gasteiger partial charge in [0.1, 0.15) is 11.4 Å². The van der Waals surface area contributed by atoms with Crippen LogP contribution in [0.3, 0.4) is 0 Å². The van der Waals surface area contributed by atoms with Crippen molar-refractivity contribution in [3.8, 4) is 5.75 Å². The zero-order valence-electron chi connectivity index (χ0n) is 15.3. The van der Waals surface area contributed by atoms with Crippen LogP contribution >= 0.6 is 0 Å². The van der Waals surface area contributed by atoms with Crippen molar-refractivity contribution in [3.63, 3.8) is 0 Å². The fraction of sp³-hybridized carbons (Fsp3) is 0.300. The highest BCUT2D eigenvalue weighted by molar-refractivity contribution is 6.06. The minimum Gasteiger partial charge on any atom is -0.425 e. The maximum atomic E-state index is 12.6. The van der Waals surface area contributed by atoms with E-state index in [9.17, 15) is 14.5 Å². The van der Waals surface area contributed by atoms with E-state index in [1.807, 2.05) is 13.8 Å². The SMILES string of the molecule is CC(C)C(C)(C)C(=O)Oc1ccccc1C(=O)Nc1cccc(N=O)c1. The standard InChI is InChI=1S/C20H22N2O4/c1-13(2)20(3,4)19(24)26-17-11-6-5-10-16(17)18(23)21-14-8-7-9-15(12-14)22-25/h5-13H,1-4H3,(H,21,23). The lowest BCUT2D eigenvalue weighted by Gasteiger charge is -2.26. The highest BCUT2D eigenvalue weighted by atomic mass is 16.5. The maximum absolute atomic E-state index is 12.6. The third-order valence-corrected chi connectivity index (χ3v) is 4.51.